The van der Waals surface area contributed by atoms with E-state index in [4.69, 9.17) is 4.74 Å². The number of aliphatic hydroxyl groups excluding tert-OH is 1. The van der Waals surface area contributed by atoms with Crippen molar-refractivity contribution in [2.45, 2.75) is 17.3 Å². The Kier molecular flexibility index (Phi) is 5.03. The fourth-order valence-corrected chi connectivity index (χ4v) is 4.04. The zero-order valence-electron chi connectivity index (χ0n) is 11.4. The second kappa shape index (κ2) is 6.60. The molecule has 2 aromatic carbocycles. The van der Waals surface area contributed by atoms with Crippen LogP contribution in [-0.2, 0) is 22.2 Å². The van der Waals surface area contributed by atoms with E-state index in [-0.39, 0.29) is 17.3 Å². The van der Waals surface area contributed by atoms with Crippen molar-refractivity contribution in [3.8, 4) is 5.75 Å². The van der Waals surface area contributed by atoms with Crippen molar-refractivity contribution in [3.63, 3.8) is 0 Å². The summed E-state index contributed by atoms with van der Waals surface area (Å²) in [5, 5.41) is 9.53. The highest BCUT2D eigenvalue weighted by Gasteiger charge is 2.20. The molecule has 0 aliphatic rings. The Labute approximate surface area is 132 Å². The van der Waals surface area contributed by atoms with E-state index in [1.54, 1.807) is 42.5 Å². The van der Waals surface area contributed by atoms with E-state index in [1.807, 2.05) is 0 Å². The molecule has 0 saturated heterocycles. The molecule has 0 bridgehead atoms. The summed E-state index contributed by atoms with van der Waals surface area (Å²) < 4.78 is 30.7. The smallest absolute Gasteiger partial charge is 0.182 e. The van der Waals surface area contributed by atoms with E-state index in [1.165, 1.54) is 7.11 Å². The van der Waals surface area contributed by atoms with Crippen LogP contribution in [0.3, 0.4) is 0 Å². The Morgan fingerprint density at radius 1 is 1.14 bits per heavy atom. The normalized spacial score (nSPS) is 11.4. The summed E-state index contributed by atoms with van der Waals surface area (Å²) >= 11 is 3.32. The largest absolute Gasteiger partial charge is 0.495 e. The number of hydrogen-bond acceptors (Lipinski definition) is 4. The fraction of sp³-hybridized carbons (Fsp3) is 0.200. The molecule has 0 aliphatic heterocycles. The van der Waals surface area contributed by atoms with Crippen LogP contribution in [0, 0.1) is 0 Å². The quantitative estimate of drug-likeness (QED) is 0.878. The zero-order valence-corrected chi connectivity index (χ0v) is 13.8. The summed E-state index contributed by atoms with van der Waals surface area (Å²) in [6.07, 6.45) is 0. The Morgan fingerprint density at radius 3 is 2.38 bits per heavy atom. The van der Waals surface area contributed by atoms with Crippen molar-refractivity contribution >= 4 is 25.8 Å². The molecular weight excluding hydrogens is 356 g/mol. The van der Waals surface area contributed by atoms with Gasteiger partial charge >= 0.3 is 0 Å². The van der Waals surface area contributed by atoms with Gasteiger partial charge in [0.25, 0.3) is 0 Å². The zero-order chi connectivity index (χ0) is 15.5. The van der Waals surface area contributed by atoms with Crippen LogP contribution in [0.1, 0.15) is 11.1 Å². The third-order valence-electron chi connectivity index (χ3n) is 3.12. The molecule has 2 rings (SSSR count). The Morgan fingerprint density at radius 2 is 1.81 bits per heavy atom. The van der Waals surface area contributed by atoms with Gasteiger partial charge in [-0.15, -0.1) is 0 Å². The molecule has 0 spiro atoms. The molecule has 4 nitrogen and oxygen atoms in total. The molecule has 21 heavy (non-hydrogen) atoms. The molecule has 1 N–H and O–H groups in total. The molecule has 0 radical (unpaired) electrons. The van der Waals surface area contributed by atoms with E-state index in [9.17, 15) is 13.5 Å². The van der Waals surface area contributed by atoms with Crippen LogP contribution >= 0.6 is 15.9 Å². The second-order valence-electron chi connectivity index (χ2n) is 4.45. The van der Waals surface area contributed by atoms with Crippen LogP contribution in [0.25, 0.3) is 0 Å². The molecule has 2 aromatic rings. The first-order valence-corrected chi connectivity index (χ1v) is 8.67. The van der Waals surface area contributed by atoms with Crippen LogP contribution in [0.2, 0.25) is 0 Å². The van der Waals surface area contributed by atoms with Crippen molar-refractivity contribution in [1.82, 2.24) is 0 Å². The highest BCUT2D eigenvalue weighted by Crippen LogP contribution is 2.33. The Bertz CT molecular complexity index is 727. The van der Waals surface area contributed by atoms with Crippen LogP contribution in [0.4, 0.5) is 0 Å². The summed E-state index contributed by atoms with van der Waals surface area (Å²) in [4.78, 5) is 0.260. The lowest BCUT2D eigenvalue weighted by Crippen LogP contribution is -2.08. The predicted octanol–water partition coefficient (Wildman–Crippen LogP) is 2.92. The molecule has 0 fully saturated rings. The van der Waals surface area contributed by atoms with Crippen LogP contribution in [-0.4, -0.2) is 20.6 Å². The summed E-state index contributed by atoms with van der Waals surface area (Å²) in [5.41, 5.74) is 1.01. The summed E-state index contributed by atoms with van der Waals surface area (Å²) in [6, 6.07) is 11.6. The molecule has 0 atom stereocenters. The lowest BCUT2D eigenvalue weighted by molar-refractivity contribution is 0.272. The van der Waals surface area contributed by atoms with Crippen molar-refractivity contribution in [3.05, 3.63) is 58.1 Å². The third-order valence-corrected chi connectivity index (χ3v) is 5.43. The molecule has 0 unspecified atom stereocenters. The van der Waals surface area contributed by atoms with E-state index in [0.717, 1.165) is 0 Å². The number of sulfone groups is 1. The summed E-state index contributed by atoms with van der Waals surface area (Å²) in [5.74, 6) is 0.273. The highest BCUT2D eigenvalue weighted by molar-refractivity contribution is 9.10. The van der Waals surface area contributed by atoms with Crippen molar-refractivity contribution in [1.29, 1.82) is 0 Å². The number of halogens is 1. The van der Waals surface area contributed by atoms with Gasteiger partial charge in [0.05, 0.1) is 28.8 Å². The minimum absolute atomic E-state index is 0.184. The van der Waals surface area contributed by atoms with E-state index in [0.29, 0.717) is 21.3 Å². The molecule has 0 heterocycles. The van der Waals surface area contributed by atoms with Gasteiger partial charge < -0.3 is 9.84 Å². The lowest BCUT2D eigenvalue weighted by atomic mass is 10.1. The topological polar surface area (TPSA) is 63.6 Å². The molecule has 112 valence electrons. The maximum Gasteiger partial charge on any atom is 0.182 e. The lowest BCUT2D eigenvalue weighted by Gasteiger charge is -2.14. The van der Waals surface area contributed by atoms with Gasteiger partial charge in [0.1, 0.15) is 5.75 Å². The van der Waals surface area contributed by atoms with E-state index >= 15 is 0 Å². The molecule has 0 aliphatic carbocycles. The number of ether oxygens (including phenoxy) is 1. The number of aliphatic hydroxyl groups is 1. The van der Waals surface area contributed by atoms with Crippen molar-refractivity contribution in [2.24, 2.45) is 0 Å². The van der Waals surface area contributed by atoms with Crippen molar-refractivity contribution in [2.75, 3.05) is 7.11 Å². The average Bonchev–Trinajstić information content (AvgIpc) is 2.49. The molecule has 0 amide bonds. The molecule has 6 heteroatoms. The number of rotatable bonds is 5. The molecular formula is C15H15BrO4S. The highest BCUT2D eigenvalue weighted by atomic mass is 79.9. The van der Waals surface area contributed by atoms with Crippen molar-refractivity contribution < 1.29 is 18.3 Å². The first kappa shape index (κ1) is 16.0. The second-order valence-corrected chi connectivity index (χ2v) is 7.29. The first-order chi connectivity index (χ1) is 9.99. The SMILES string of the molecule is COc1c(Br)ccc(CS(=O)(=O)c2ccccc2)c1CO. The number of benzene rings is 2. The van der Waals surface area contributed by atoms with Crippen LogP contribution in [0.15, 0.2) is 51.8 Å². The van der Waals surface area contributed by atoms with Gasteiger partial charge in [-0.05, 0) is 39.7 Å². The Hall–Kier alpha value is -1.37. The predicted molar refractivity (Wildman–Crippen MR) is 83.9 cm³/mol. The fourth-order valence-electron chi connectivity index (χ4n) is 2.09. The van der Waals surface area contributed by atoms with Crippen LogP contribution < -0.4 is 4.74 Å². The minimum Gasteiger partial charge on any atom is -0.495 e. The van der Waals surface area contributed by atoms with Gasteiger partial charge in [-0.25, -0.2) is 8.42 Å². The number of hydrogen-bond donors (Lipinski definition) is 1. The minimum atomic E-state index is -3.47. The molecule has 0 aromatic heterocycles. The maximum absolute atomic E-state index is 12.4. The van der Waals surface area contributed by atoms with Gasteiger partial charge in [0.15, 0.2) is 9.84 Å². The maximum atomic E-state index is 12.4. The standard InChI is InChI=1S/C15H15BrO4S/c1-20-15-13(9-17)11(7-8-14(15)16)10-21(18,19)12-5-3-2-4-6-12/h2-8,17H,9-10H2,1H3. The van der Waals surface area contributed by atoms with Crippen LogP contribution in [0.5, 0.6) is 5.75 Å². The van der Waals surface area contributed by atoms with Gasteiger partial charge in [-0.2, -0.15) is 0 Å². The average molecular weight is 371 g/mol. The van der Waals surface area contributed by atoms with E-state index < -0.39 is 9.84 Å². The van der Waals surface area contributed by atoms with E-state index in [2.05, 4.69) is 15.9 Å². The summed E-state index contributed by atoms with van der Waals surface area (Å²) in [7, 11) is -1.98. The van der Waals surface area contributed by atoms with Gasteiger partial charge in [0, 0.05) is 5.56 Å². The van der Waals surface area contributed by atoms with Gasteiger partial charge in [-0.1, -0.05) is 24.3 Å². The molecule has 0 saturated carbocycles. The van der Waals surface area contributed by atoms with Gasteiger partial charge in [-0.3, -0.25) is 0 Å². The third kappa shape index (κ3) is 3.45. The van der Waals surface area contributed by atoms with Gasteiger partial charge in [0.2, 0.25) is 0 Å². The first-order valence-electron chi connectivity index (χ1n) is 6.22. The summed E-state index contributed by atoms with van der Waals surface area (Å²) in [6.45, 7) is -0.289. The number of methoxy groups -OCH3 is 1. The Balaban J connectivity index is 2.45. The monoisotopic (exact) mass is 370 g/mol.